The number of fused-ring (bicyclic) bond motifs is 3. The third kappa shape index (κ3) is 5.41. The van der Waals surface area contributed by atoms with Gasteiger partial charge in [0.1, 0.15) is 6.61 Å². The van der Waals surface area contributed by atoms with E-state index in [-0.39, 0.29) is 36.9 Å². The summed E-state index contributed by atoms with van der Waals surface area (Å²) >= 11 is 0. The molecule has 2 aliphatic rings. The van der Waals surface area contributed by atoms with Gasteiger partial charge in [0, 0.05) is 24.4 Å². The molecule has 2 amide bonds. The second-order valence-electron chi connectivity index (χ2n) is 9.25. The molecule has 1 unspecified atom stereocenters. The molecule has 2 aliphatic carbocycles. The molecule has 7 nitrogen and oxygen atoms in total. The van der Waals surface area contributed by atoms with Crippen molar-refractivity contribution in [1.82, 2.24) is 10.6 Å². The minimum Gasteiger partial charge on any atom is -0.481 e. The van der Waals surface area contributed by atoms with Crippen LogP contribution in [-0.4, -0.2) is 41.8 Å². The second kappa shape index (κ2) is 10.7. The lowest BCUT2D eigenvalue weighted by Gasteiger charge is -2.28. The highest BCUT2D eigenvalue weighted by atomic mass is 16.5. The molecule has 3 atom stereocenters. The maximum Gasteiger partial charge on any atom is 0.407 e. The van der Waals surface area contributed by atoms with Gasteiger partial charge < -0.3 is 20.5 Å². The normalized spacial score (nSPS) is 20.0. The summed E-state index contributed by atoms with van der Waals surface area (Å²) in [6.07, 6.45) is 2.86. The molecular weight excluding hydrogens is 432 g/mol. The van der Waals surface area contributed by atoms with E-state index in [1.807, 2.05) is 31.2 Å². The van der Waals surface area contributed by atoms with E-state index in [0.29, 0.717) is 19.3 Å². The number of carboxylic acids is 1. The van der Waals surface area contributed by atoms with Crippen molar-refractivity contribution in [3.63, 3.8) is 0 Å². The Balaban J connectivity index is 1.28. The van der Waals surface area contributed by atoms with E-state index in [1.165, 1.54) is 11.1 Å². The van der Waals surface area contributed by atoms with Crippen LogP contribution < -0.4 is 10.6 Å². The zero-order chi connectivity index (χ0) is 24.1. The first-order valence-corrected chi connectivity index (χ1v) is 12.1. The van der Waals surface area contributed by atoms with Gasteiger partial charge in [0.15, 0.2) is 0 Å². The SMILES string of the molecule is CCC(CC(=O)N[C@@H]1CCC[C@@H](C(=O)O)C1)NC(=O)OCC1c2ccccc2-c2ccccc21. The molecule has 0 bridgehead atoms. The monoisotopic (exact) mass is 464 g/mol. The van der Waals surface area contributed by atoms with Gasteiger partial charge in [0.05, 0.1) is 5.92 Å². The van der Waals surface area contributed by atoms with Gasteiger partial charge in [0.25, 0.3) is 0 Å². The van der Waals surface area contributed by atoms with E-state index >= 15 is 0 Å². The summed E-state index contributed by atoms with van der Waals surface area (Å²) in [5.74, 6) is -1.40. The highest BCUT2D eigenvalue weighted by Crippen LogP contribution is 2.44. The number of alkyl carbamates (subject to hydrolysis) is 1. The Morgan fingerprint density at radius 3 is 2.29 bits per heavy atom. The highest BCUT2D eigenvalue weighted by Gasteiger charge is 2.30. The number of carbonyl (C=O) groups excluding carboxylic acids is 2. The maximum absolute atomic E-state index is 12.6. The number of amides is 2. The summed E-state index contributed by atoms with van der Waals surface area (Å²) in [6, 6.07) is 15.8. The molecular formula is C27H32N2O5. The van der Waals surface area contributed by atoms with Gasteiger partial charge in [-0.3, -0.25) is 9.59 Å². The van der Waals surface area contributed by atoms with Gasteiger partial charge in [-0.2, -0.15) is 0 Å². The molecule has 0 heterocycles. The quantitative estimate of drug-likeness (QED) is 0.535. The molecule has 0 aromatic heterocycles. The van der Waals surface area contributed by atoms with E-state index in [1.54, 1.807) is 0 Å². The maximum atomic E-state index is 12.6. The zero-order valence-electron chi connectivity index (χ0n) is 19.5. The molecule has 1 saturated carbocycles. The van der Waals surface area contributed by atoms with Crippen molar-refractivity contribution >= 4 is 18.0 Å². The summed E-state index contributed by atoms with van der Waals surface area (Å²) < 4.78 is 5.60. The molecule has 0 saturated heterocycles. The Morgan fingerprint density at radius 2 is 1.68 bits per heavy atom. The lowest BCUT2D eigenvalue weighted by Crippen LogP contribution is -2.44. The van der Waals surface area contributed by atoms with Crippen molar-refractivity contribution in [1.29, 1.82) is 0 Å². The first-order chi connectivity index (χ1) is 16.5. The predicted octanol–water partition coefficient (Wildman–Crippen LogP) is 4.45. The number of hydrogen-bond donors (Lipinski definition) is 3. The number of hydrogen-bond acceptors (Lipinski definition) is 4. The fourth-order valence-electron chi connectivity index (χ4n) is 5.16. The first-order valence-electron chi connectivity index (χ1n) is 12.1. The number of aliphatic carboxylic acids is 1. The summed E-state index contributed by atoms with van der Waals surface area (Å²) in [6.45, 7) is 2.13. The number of benzene rings is 2. The fraction of sp³-hybridized carbons (Fsp3) is 0.444. The molecule has 34 heavy (non-hydrogen) atoms. The first kappa shape index (κ1) is 23.8. The average molecular weight is 465 g/mol. The summed E-state index contributed by atoms with van der Waals surface area (Å²) in [5.41, 5.74) is 4.64. The molecule has 180 valence electrons. The topological polar surface area (TPSA) is 105 Å². The van der Waals surface area contributed by atoms with Gasteiger partial charge in [-0.25, -0.2) is 4.79 Å². The number of rotatable bonds is 8. The zero-order valence-corrected chi connectivity index (χ0v) is 19.5. The van der Waals surface area contributed by atoms with Crippen molar-refractivity contribution in [3.05, 3.63) is 59.7 Å². The van der Waals surface area contributed by atoms with Crippen molar-refractivity contribution in [2.75, 3.05) is 6.61 Å². The average Bonchev–Trinajstić information content (AvgIpc) is 3.16. The van der Waals surface area contributed by atoms with Crippen LogP contribution >= 0.6 is 0 Å². The Bertz CT molecular complexity index is 1010. The van der Waals surface area contributed by atoms with Crippen LogP contribution in [0.4, 0.5) is 4.79 Å². The van der Waals surface area contributed by atoms with Crippen LogP contribution in [0, 0.1) is 5.92 Å². The van der Waals surface area contributed by atoms with Gasteiger partial charge in [0.2, 0.25) is 5.91 Å². The van der Waals surface area contributed by atoms with E-state index in [9.17, 15) is 19.5 Å². The second-order valence-corrected chi connectivity index (χ2v) is 9.25. The van der Waals surface area contributed by atoms with Crippen molar-refractivity contribution in [2.45, 2.75) is 63.5 Å². The van der Waals surface area contributed by atoms with Crippen molar-refractivity contribution < 1.29 is 24.2 Å². The molecule has 7 heteroatoms. The molecule has 0 spiro atoms. The predicted molar refractivity (Wildman–Crippen MR) is 128 cm³/mol. The van der Waals surface area contributed by atoms with Gasteiger partial charge in [-0.15, -0.1) is 0 Å². The Morgan fingerprint density at radius 1 is 1.03 bits per heavy atom. The largest absolute Gasteiger partial charge is 0.481 e. The Kier molecular flexibility index (Phi) is 7.50. The lowest BCUT2D eigenvalue weighted by molar-refractivity contribution is -0.143. The molecule has 3 N–H and O–H groups in total. The third-order valence-electron chi connectivity index (χ3n) is 6.98. The summed E-state index contributed by atoms with van der Waals surface area (Å²) in [5, 5.41) is 15.0. The number of ether oxygens (including phenoxy) is 1. The van der Waals surface area contributed by atoms with Crippen LogP contribution in [-0.2, 0) is 14.3 Å². The van der Waals surface area contributed by atoms with E-state index in [2.05, 4.69) is 34.9 Å². The molecule has 1 fully saturated rings. The molecule has 2 aromatic rings. The van der Waals surface area contributed by atoms with Crippen molar-refractivity contribution in [2.24, 2.45) is 5.92 Å². The van der Waals surface area contributed by atoms with Crippen LogP contribution in [0.3, 0.4) is 0 Å². The molecule has 0 radical (unpaired) electrons. The van der Waals surface area contributed by atoms with E-state index < -0.39 is 18.0 Å². The van der Waals surface area contributed by atoms with Crippen molar-refractivity contribution in [3.8, 4) is 11.1 Å². The van der Waals surface area contributed by atoms with Gasteiger partial charge in [-0.1, -0.05) is 61.9 Å². The van der Waals surface area contributed by atoms with Crippen LogP contribution in [0.5, 0.6) is 0 Å². The molecule has 0 aliphatic heterocycles. The fourth-order valence-corrected chi connectivity index (χ4v) is 5.16. The Labute approximate surface area is 199 Å². The van der Waals surface area contributed by atoms with Crippen LogP contribution in [0.1, 0.15) is 62.5 Å². The smallest absolute Gasteiger partial charge is 0.407 e. The van der Waals surface area contributed by atoms with Gasteiger partial charge >= 0.3 is 12.1 Å². The molecule has 4 rings (SSSR count). The van der Waals surface area contributed by atoms with Crippen LogP contribution in [0.25, 0.3) is 11.1 Å². The minimum atomic E-state index is -0.803. The van der Waals surface area contributed by atoms with E-state index in [0.717, 1.165) is 24.0 Å². The van der Waals surface area contributed by atoms with Crippen LogP contribution in [0.15, 0.2) is 48.5 Å². The summed E-state index contributed by atoms with van der Waals surface area (Å²) in [4.78, 5) is 36.3. The highest BCUT2D eigenvalue weighted by molar-refractivity contribution is 5.80. The number of nitrogens with one attached hydrogen (secondary N) is 2. The minimum absolute atomic E-state index is 0.0185. The lowest BCUT2D eigenvalue weighted by atomic mass is 9.85. The summed E-state index contributed by atoms with van der Waals surface area (Å²) in [7, 11) is 0. The standard InChI is InChI=1S/C27H32N2O5/c1-2-18(15-25(30)28-19-9-7-8-17(14-19)26(31)32)29-27(33)34-16-24-22-12-5-3-10-20(22)21-11-4-6-13-23(21)24/h3-6,10-13,17-19,24H,2,7-9,14-16H2,1H3,(H,28,30)(H,29,33)(H,31,32)/t17-,18?,19-/m1/s1. The third-order valence-corrected chi connectivity index (χ3v) is 6.98. The number of carbonyl (C=O) groups is 3. The van der Waals surface area contributed by atoms with Gasteiger partial charge in [-0.05, 0) is 47.9 Å². The van der Waals surface area contributed by atoms with Crippen LogP contribution in [0.2, 0.25) is 0 Å². The van der Waals surface area contributed by atoms with E-state index in [4.69, 9.17) is 4.74 Å². The number of carboxylic acid groups (broad SMARTS) is 1. The molecule has 2 aromatic carbocycles. The Hall–Kier alpha value is -3.35.